The van der Waals surface area contributed by atoms with E-state index in [0.717, 1.165) is 5.54 Å². The largest absolute Gasteiger partial charge is 1.00 e. The molecule has 5 heteroatoms. The molecule has 21 heavy (non-hydrogen) atoms. The van der Waals surface area contributed by atoms with Crippen LogP contribution in [0.1, 0.15) is 33.6 Å². The van der Waals surface area contributed by atoms with E-state index in [1.807, 2.05) is 0 Å². The summed E-state index contributed by atoms with van der Waals surface area (Å²) in [6.45, 7) is 6.97. The van der Waals surface area contributed by atoms with Crippen LogP contribution in [-0.2, 0) is 20.4 Å². The van der Waals surface area contributed by atoms with Gasteiger partial charge in [0.1, 0.15) is 0 Å². The van der Waals surface area contributed by atoms with Gasteiger partial charge in [-0.3, -0.25) is 0 Å². The van der Waals surface area contributed by atoms with Crippen LogP contribution in [0.2, 0.25) is 5.54 Å². The van der Waals surface area contributed by atoms with E-state index < -0.39 is 0 Å². The topological polar surface area (TPSA) is 0 Å². The van der Waals surface area contributed by atoms with Crippen molar-refractivity contribution in [3.05, 3.63) is 50.9 Å². The van der Waals surface area contributed by atoms with Gasteiger partial charge < -0.3 is 37.2 Å². The van der Waals surface area contributed by atoms with Crippen molar-refractivity contribution < 1.29 is 57.7 Å². The summed E-state index contributed by atoms with van der Waals surface area (Å²) in [5, 5.41) is 1.60. The number of allylic oxidation sites excluding steroid dienone is 4. The Morgan fingerprint density at radius 3 is 2.14 bits per heavy atom. The van der Waals surface area contributed by atoms with E-state index in [1.54, 1.807) is 25.8 Å². The summed E-state index contributed by atoms with van der Waals surface area (Å²) in [5.74, 6) is 0. The Hall–Kier alpha value is 0.501. The normalized spacial score (nSPS) is 17.7. The van der Waals surface area contributed by atoms with E-state index in [2.05, 4.69) is 71.5 Å². The van der Waals surface area contributed by atoms with Crippen molar-refractivity contribution in [2.24, 2.45) is 0 Å². The van der Waals surface area contributed by atoms with Crippen molar-refractivity contribution in [1.29, 1.82) is 0 Å². The molecule has 0 fully saturated rings. The van der Waals surface area contributed by atoms with E-state index in [9.17, 15) is 0 Å². The van der Waals surface area contributed by atoms with Crippen LogP contribution >= 0.6 is 0 Å². The summed E-state index contributed by atoms with van der Waals surface area (Å²) in [4.78, 5) is 0. The molecule has 0 aromatic heterocycles. The van der Waals surface area contributed by atoms with Gasteiger partial charge in [-0.2, -0.15) is 0 Å². The van der Waals surface area contributed by atoms with Crippen LogP contribution in [0, 0.1) is 0 Å². The predicted molar refractivity (Wildman–Crippen MR) is 78.7 cm³/mol. The fraction of sp³-hybridized carbons (Fsp3) is 0.375. The summed E-state index contributed by atoms with van der Waals surface area (Å²) in [6, 6.07) is 11.1. The first-order valence-corrected chi connectivity index (χ1v) is 9.11. The van der Waals surface area contributed by atoms with E-state index in [0.29, 0.717) is 0 Å². The van der Waals surface area contributed by atoms with Gasteiger partial charge in [0.2, 0.25) is 0 Å². The minimum atomic E-state index is -0.230. The van der Waals surface area contributed by atoms with E-state index >= 15 is 0 Å². The Bertz CT molecular complexity index is 498. The van der Waals surface area contributed by atoms with Gasteiger partial charge in [0, 0.05) is 0 Å². The zero-order valence-corrected chi connectivity index (χ0v) is 18.0. The molecule has 0 spiro atoms. The smallest absolute Gasteiger partial charge is 1.00 e. The van der Waals surface area contributed by atoms with Crippen LogP contribution in [0.4, 0.5) is 0 Å². The fourth-order valence-electron chi connectivity index (χ4n) is 2.91. The Morgan fingerprint density at radius 1 is 1.05 bits per heavy atom. The molecule has 2 rings (SSSR count). The second kappa shape index (κ2) is 11.1. The van der Waals surface area contributed by atoms with Crippen LogP contribution in [0.3, 0.4) is 0 Å². The van der Waals surface area contributed by atoms with Gasteiger partial charge in [0.05, 0.1) is 0 Å². The van der Waals surface area contributed by atoms with Gasteiger partial charge in [-0.15, -0.1) is 0 Å². The molecule has 0 saturated carbocycles. The molecule has 0 amide bonds. The molecule has 0 radical (unpaired) electrons. The molecule has 0 saturated heterocycles. The van der Waals surface area contributed by atoms with E-state index in [1.165, 1.54) is 12.8 Å². The molecule has 0 heterocycles. The predicted octanol–water partition coefficient (Wildman–Crippen LogP) is -5.77. The second-order valence-electron chi connectivity index (χ2n) is 5.20. The van der Waals surface area contributed by atoms with Crippen LogP contribution in [0.25, 0.3) is 0 Å². The second-order valence-corrected chi connectivity index (χ2v) is 8.02. The van der Waals surface area contributed by atoms with Crippen molar-refractivity contribution >= 4 is 14.7 Å². The number of halogens is 3. The van der Waals surface area contributed by atoms with E-state index in [4.69, 9.17) is 0 Å². The fourth-order valence-corrected chi connectivity index (χ4v) is 6.03. The first kappa shape index (κ1) is 23.8. The Labute approximate surface area is 161 Å². The van der Waals surface area contributed by atoms with Crippen LogP contribution in [0.15, 0.2) is 50.9 Å². The maximum atomic E-state index is 2.35. The first-order valence-electron chi connectivity index (χ1n) is 6.81. The van der Waals surface area contributed by atoms with Gasteiger partial charge in [0.25, 0.3) is 0 Å². The van der Waals surface area contributed by atoms with E-state index in [-0.39, 0.29) is 46.7 Å². The van der Waals surface area contributed by atoms with Gasteiger partial charge in [-0.25, -0.2) is 0 Å². The molecule has 0 N–H and O–H groups in total. The molecule has 1 aromatic rings. The Kier molecular flexibility index (Phi) is 12.6. The molecular weight excluding hydrogens is 374 g/mol. The summed E-state index contributed by atoms with van der Waals surface area (Å²) >= 11 is 2.31. The van der Waals surface area contributed by atoms with Crippen molar-refractivity contribution in [3.8, 4) is 0 Å². The Balaban J connectivity index is 0. The van der Waals surface area contributed by atoms with Crippen LogP contribution in [-0.4, -0.2) is 9.52 Å². The average Bonchev–Trinajstić information content (AvgIpc) is 2.58. The third-order valence-electron chi connectivity index (χ3n) is 4.00. The maximum absolute atomic E-state index is 2.35. The maximum Gasteiger partial charge on any atom is -1.00 e. The minimum Gasteiger partial charge on any atom is -1.00 e. The molecular formula is C16H21Cl3SiTi. The van der Waals surface area contributed by atoms with Gasteiger partial charge in [-0.05, 0) is 0 Å². The van der Waals surface area contributed by atoms with Crippen molar-refractivity contribution in [3.63, 3.8) is 0 Å². The zero-order valence-electron chi connectivity index (χ0n) is 12.7. The molecule has 0 aliphatic heterocycles. The molecule has 1 atom stereocenters. The van der Waals surface area contributed by atoms with Crippen molar-refractivity contribution in [2.75, 3.05) is 0 Å². The van der Waals surface area contributed by atoms with Crippen LogP contribution in [0.5, 0.6) is 0 Å². The summed E-state index contributed by atoms with van der Waals surface area (Å²) < 4.78 is 1.56. The number of benzene rings is 1. The van der Waals surface area contributed by atoms with Crippen molar-refractivity contribution in [2.45, 2.75) is 39.2 Å². The molecule has 1 aliphatic rings. The molecule has 114 valence electrons. The summed E-state index contributed by atoms with van der Waals surface area (Å²) in [5.41, 5.74) is 5.75. The quantitative estimate of drug-likeness (QED) is 0.446. The third kappa shape index (κ3) is 5.57. The van der Waals surface area contributed by atoms with Gasteiger partial charge >= 0.3 is 125 Å². The molecule has 1 unspecified atom stereocenters. The first-order chi connectivity index (χ1) is 8.65. The van der Waals surface area contributed by atoms with Crippen LogP contribution < -0.4 is 42.4 Å². The molecule has 1 aliphatic carbocycles. The Morgan fingerprint density at radius 2 is 1.62 bits per heavy atom. The summed E-state index contributed by atoms with van der Waals surface area (Å²) in [7, 11) is -0.230. The van der Waals surface area contributed by atoms with Gasteiger partial charge in [0.15, 0.2) is 0 Å². The van der Waals surface area contributed by atoms with Gasteiger partial charge in [-0.1, -0.05) is 0 Å². The zero-order chi connectivity index (χ0) is 13.1. The molecule has 1 aromatic carbocycles. The number of hydrogen-bond donors (Lipinski definition) is 0. The monoisotopic (exact) mass is 394 g/mol. The third-order valence-corrected chi connectivity index (χ3v) is 7.65. The SMILES string of the molecule is CCCC1=C(C)[C]([Ti+3])=C(C)C1[SiH2]c1ccccc1.[Cl-].[Cl-].[Cl-]. The standard InChI is InChI=1S/C16H21Si.3ClH.Ti/c1-4-8-15-12(2)11-13(3)16(15)17-14-9-6-5-7-10-14;;;;/h5-7,9-10,16H,4,8,17H2,1-3H3;3*1H;/q;;;;+3/p-3. The summed E-state index contributed by atoms with van der Waals surface area (Å²) in [6.07, 6.45) is 2.55. The van der Waals surface area contributed by atoms with Crippen molar-refractivity contribution in [1.82, 2.24) is 0 Å². The number of rotatable bonds is 4. The molecule has 0 bridgehead atoms. The number of hydrogen-bond acceptors (Lipinski definition) is 0. The average molecular weight is 396 g/mol. The minimum absolute atomic E-state index is 0. The molecule has 0 nitrogen and oxygen atoms in total.